The molecule has 0 radical (unpaired) electrons. The SMILES string of the molecule is CNC(=O)c1ccccc1OS(=O)(=O)c1ccc(C(C)=O)cc1. The van der Waals surface area contributed by atoms with Crippen LogP contribution in [0.5, 0.6) is 5.75 Å². The zero-order chi connectivity index (χ0) is 17.0. The van der Waals surface area contributed by atoms with E-state index in [9.17, 15) is 18.0 Å². The van der Waals surface area contributed by atoms with E-state index in [0.29, 0.717) is 5.56 Å². The molecular formula is C16H15NO5S. The monoisotopic (exact) mass is 333 g/mol. The predicted octanol–water partition coefficient (Wildman–Crippen LogP) is 2.02. The van der Waals surface area contributed by atoms with Gasteiger partial charge in [0.05, 0.1) is 5.56 Å². The molecule has 0 heterocycles. The molecule has 0 aliphatic carbocycles. The fourth-order valence-electron chi connectivity index (χ4n) is 1.88. The van der Waals surface area contributed by atoms with Crippen molar-refractivity contribution >= 4 is 21.8 Å². The Morgan fingerprint density at radius 3 is 2.17 bits per heavy atom. The van der Waals surface area contributed by atoms with E-state index < -0.39 is 16.0 Å². The fraction of sp³-hybridized carbons (Fsp3) is 0.125. The summed E-state index contributed by atoms with van der Waals surface area (Å²) in [6.07, 6.45) is 0. The molecule has 2 aromatic rings. The van der Waals surface area contributed by atoms with E-state index in [-0.39, 0.29) is 22.0 Å². The highest BCUT2D eigenvalue weighted by molar-refractivity contribution is 7.87. The number of hydrogen-bond donors (Lipinski definition) is 1. The summed E-state index contributed by atoms with van der Waals surface area (Å²) in [6, 6.07) is 11.4. The minimum absolute atomic E-state index is 0.0671. The van der Waals surface area contributed by atoms with Crippen molar-refractivity contribution in [2.45, 2.75) is 11.8 Å². The van der Waals surface area contributed by atoms with Crippen LogP contribution in [-0.4, -0.2) is 27.2 Å². The maximum absolute atomic E-state index is 12.3. The second-order valence-electron chi connectivity index (χ2n) is 4.69. The van der Waals surface area contributed by atoms with Crippen LogP contribution in [0.2, 0.25) is 0 Å². The number of carbonyl (C=O) groups excluding carboxylic acids is 2. The second-order valence-corrected chi connectivity index (χ2v) is 6.24. The predicted molar refractivity (Wildman–Crippen MR) is 84.1 cm³/mol. The number of amides is 1. The molecule has 0 saturated carbocycles. The number of para-hydroxylation sites is 1. The lowest BCUT2D eigenvalue weighted by atomic mass is 10.2. The van der Waals surface area contributed by atoms with Gasteiger partial charge < -0.3 is 9.50 Å². The molecule has 2 rings (SSSR count). The summed E-state index contributed by atoms with van der Waals surface area (Å²) in [6.45, 7) is 1.39. The van der Waals surface area contributed by atoms with Gasteiger partial charge in [-0.25, -0.2) is 0 Å². The lowest BCUT2D eigenvalue weighted by Crippen LogP contribution is -2.20. The van der Waals surface area contributed by atoms with E-state index in [4.69, 9.17) is 4.18 Å². The summed E-state index contributed by atoms with van der Waals surface area (Å²) in [5.74, 6) is -0.690. The van der Waals surface area contributed by atoms with Crippen LogP contribution in [0.15, 0.2) is 53.4 Å². The Morgan fingerprint density at radius 1 is 1.00 bits per heavy atom. The Balaban J connectivity index is 2.35. The molecule has 0 fully saturated rings. The smallest absolute Gasteiger partial charge is 0.339 e. The van der Waals surface area contributed by atoms with Crippen molar-refractivity contribution in [3.05, 3.63) is 59.7 Å². The van der Waals surface area contributed by atoms with Gasteiger partial charge in [-0.2, -0.15) is 8.42 Å². The van der Waals surface area contributed by atoms with Gasteiger partial charge in [-0.3, -0.25) is 9.59 Å². The Hall–Kier alpha value is -2.67. The van der Waals surface area contributed by atoms with Crippen molar-refractivity contribution < 1.29 is 22.2 Å². The van der Waals surface area contributed by atoms with Crippen molar-refractivity contribution in [1.82, 2.24) is 5.32 Å². The van der Waals surface area contributed by atoms with E-state index in [1.165, 1.54) is 50.4 Å². The molecule has 0 aliphatic heterocycles. The largest absolute Gasteiger partial charge is 0.378 e. The molecule has 0 atom stereocenters. The standard InChI is InChI=1S/C16H15NO5S/c1-11(18)12-7-9-13(10-8-12)23(20,21)22-15-6-4-3-5-14(15)16(19)17-2/h3-10H,1-2H3,(H,17,19). The first-order valence-electron chi connectivity index (χ1n) is 6.72. The number of hydrogen-bond acceptors (Lipinski definition) is 5. The molecule has 6 nitrogen and oxygen atoms in total. The van der Waals surface area contributed by atoms with Gasteiger partial charge in [0.15, 0.2) is 11.5 Å². The fourth-order valence-corrected chi connectivity index (χ4v) is 2.83. The molecule has 0 aromatic heterocycles. The topological polar surface area (TPSA) is 89.5 Å². The van der Waals surface area contributed by atoms with Crippen molar-refractivity contribution in [3.63, 3.8) is 0 Å². The molecule has 7 heteroatoms. The van der Waals surface area contributed by atoms with Gasteiger partial charge in [0.25, 0.3) is 5.91 Å². The van der Waals surface area contributed by atoms with Gasteiger partial charge in [0, 0.05) is 12.6 Å². The van der Waals surface area contributed by atoms with Crippen molar-refractivity contribution in [3.8, 4) is 5.75 Å². The van der Waals surface area contributed by atoms with Gasteiger partial charge in [-0.15, -0.1) is 0 Å². The number of carbonyl (C=O) groups is 2. The molecule has 1 amide bonds. The first kappa shape index (κ1) is 16.7. The third-order valence-electron chi connectivity index (χ3n) is 3.11. The number of Topliss-reactive ketones (excluding diaryl/α,β-unsaturated/α-hetero) is 1. The van der Waals surface area contributed by atoms with Crippen molar-refractivity contribution in [1.29, 1.82) is 0 Å². The molecule has 0 spiro atoms. The van der Waals surface area contributed by atoms with Crippen LogP contribution >= 0.6 is 0 Å². The minimum Gasteiger partial charge on any atom is -0.378 e. The Kier molecular flexibility index (Phi) is 4.80. The highest BCUT2D eigenvalue weighted by atomic mass is 32.2. The van der Waals surface area contributed by atoms with E-state index in [2.05, 4.69) is 5.32 Å². The first-order chi connectivity index (χ1) is 10.8. The molecule has 0 bridgehead atoms. The van der Waals surface area contributed by atoms with Gasteiger partial charge in [0.2, 0.25) is 0 Å². The minimum atomic E-state index is -4.11. The van der Waals surface area contributed by atoms with Crippen molar-refractivity contribution in [2.24, 2.45) is 0 Å². The van der Waals surface area contributed by atoms with E-state index in [0.717, 1.165) is 0 Å². The molecule has 1 N–H and O–H groups in total. The van der Waals surface area contributed by atoms with E-state index >= 15 is 0 Å². The first-order valence-corrected chi connectivity index (χ1v) is 8.12. The summed E-state index contributed by atoms with van der Waals surface area (Å²) >= 11 is 0. The second kappa shape index (κ2) is 6.62. The highest BCUT2D eigenvalue weighted by Crippen LogP contribution is 2.23. The molecule has 0 saturated heterocycles. The lowest BCUT2D eigenvalue weighted by molar-refractivity contribution is 0.0960. The van der Waals surface area contributed by atoms with Crippen LogP contribution in [0.3, 0.4) is 0 Å². The summed E-state index contributed by atoms with van der Waals surface area (Å²) in [4.78, 5) is 22.9. The number of rotatable bonds is 5. The molecule has 0 unspecified atom stereocenters. The third-order valence-corrected chi connectivity index (χ3v) is 4.36. The quantitative estimate of drug-likeness (QED) is 0.668. The average molecular weight is 333 g/mol. The maximum atomic E-state index is 12.3. The van der Waals surface area contributed by atoms with Gasteiger partial charge in [-0.05, 0) is 31.2 Å². The van der Waals surface area contributed by atoms with E-state index in [1.807, 2.05) is 0 Å². The molecule has 120 valence electrons. The zero-order valence-corrected chi connectivity index (χ0v) is 13.4. The lowest BCUT2D eigenvalue weighted by Gasteiger charge is -2.10. The molecule has 23 heavy (non-hydrogen) atoms. The van der Waals surface area contributed by atoms with Gasteiger partial charge in [0.1, 0.15) is 4.90 Å². The normalized spacial score (nSPS) is 10.9. The van der Waals surface area contributed by atoms with Crippen LogP contribution in [0, 0.1) is 0 Å². The number of ketones is 1. The summed E-state index contributed by atoms with van der Waals surface area (Å²) in [7, 11) is -2.67. The van der Waals surface area contributed by atoms with Crippen LogP contribution < -0.4 is 9.50 Å². The van der Waals surface area contributed by atoms with Crippen LogP contribution in [-0.2, 0) is 10.1 Å². The van der Waals surface area contributed by atoms with E-state index in [1.54, 1.807) is 12.1 Å². The summed E-state index contributed by atoms with van der Waals surface area (Å²) in [5, 5.41) is 2.42. The highest BCUT2D eigenvalue weighted by Gasteiger charge is 2.20. The number of benzene rings is 2. The average Bonchev–Trinajstić information content (AvgIpc) is 2.54. The Bertz CT molecular complexity index is 841. The molecule has 2 aromatic carbocycles. The maximum Gasteiger partial charge on any atom is 0.339 e. The van der Waals surface area contributed by atoms with Crippen molar-refractivity contribution in [2.75, 3.05) is 7.05 Å². The van der Waals surface area contributed by atoms with Gasteiger partial charge in [-0.1, -0.05) is 24.3 Å². The Labute approximate surface area is 134 Å². The molecular weight excluding hydrogens is 318 g/mol. The Morgan fingerprint density at radius 2 is 1.61 bits per heavy atom. The van der Waals surface area contributed by atoms with Crippen LogP contribution in [0.1, 0.15) is 27.6 Å². The van der Waals surface area contributed by atoms with Crippen LogP contribution in [0.4, 0.5) is 0 Å². The number of nitrogens with one attached hydrogen (secondary N) is 1. The molecule has 0 aliphatic rings. The summed E-state index contributed by atoms with van der Waals surface area (Å²) in [5.41, 5.74) is 0.508. The van der Waals surface area contributed by atoms with Crippen LogP contribution in [0.25, 0.3) is 0 Å². The third kappa shape index (κ3) is 3.75. The van der Waals surface area contributed by atoms with Gasteiger partial charge >= 0.3 is 10.1 Å². The summed E-state index contributed by atoms with van der Waals surface area (Å²) < 4.78 is 29.7. The zero-order valence-electron chi connectivity index (χ0n) is 12.6.